The number of allylic oxidation sites excluding steroid dienone is 1. The first-order valence-electron chi connectivity index (χ1n) is 12.0. The average molecular weight is 565 g/mol. The van der Waals surface area contributed by atoms with E-state index in [0.717, 1.165) is 44.2 Å². The number of carbonyl (C=O) groups excluding carboxylic acids is 1. The minimum atomic E-state index is -0.441. The number of rotatable bonds is 6. The molecule has 1 aliphatic heterocycles. The average Bonchev–Trinajstić information content (AvgIpc) is 3.09. The second kappa shape index (κ2) is 10.4. The van der Waals surface area contributed by atoms with Crippen LogP contribution in [0.1, 0.15) is 35.9 Å². The molecule has 2 atom stereocenters. The summed E-state index contributed by atoms with van der Waals surface area (Å²) < 4.78 is 23.2. The van der Waals surface area contributed by atoms with Crippen molar-refractivity contribution in [3.63, 3.8) is 0 Å². The van der Waals surface area contributed by atoms with Crippen molar-refractivity contribution in [2.24, 2.45) is 0 Å². The van der Waals surface area contributed by atoms with Crippen LogP contribution >= 0.6 is 15.9 Å². The molecule has 0 saturated carbocycles. The van der Waals surface area contributed by atoms with Gasteiger partial charge in [-0.05, 0) is 64.8 Å². The number of Topliss-reactive ketones (excluding diaryl/α,β-unsaturated/α-hetero) is 1. The van der Waals surface area contributed by atoms with Gasteiger partial charge in [0.2, 0.25) is 0 Å². The van der Waals surface area contributed by atoms with Crippen molar-refractivity contribution in [1.82, 2.24) is 0 Å². The lowest BCUT2D eigenvalue weighted by Crippen LogP contribution is -2.27. The minimum absolute atomic E-state index is 0.0536. The van der Waals surface area contributed by atoms with E-state index >= 15 is 0 Å². The van der Waals surface area contributed by atoms with Crippen LogP contribution in [-0.2, 0) is 4.79 Å². The molecule has 2 unspecified atom stereocenters. The van der Waals surface area contributed by atoms with Gasteiger partial charge in [-0.3, -0.25) is 4.79 Å². The zero-order chi connectivity index (χ0) is 26.1. The predicted molar refractivity (Wildman–Crippen MR) is 147 cm³/mol. The van der Waals surface area contributed by atoms with Crippen LogP contribution < -0.4 is 29.6 Å². The second-order valence-electron chi connectivity index (χ2n) is 9.01. The highest BCUT2D eigenvalue weighted by Gasteiger charge is 2.38. The molecule has 7 nitrogen and oxygen atoms in total. The van der Waals surface area contributed by atoms with Gasteiger partial charge in [-0.2, -0.15) is 0 Å². The smallest absolute Gasteiger partial charge is 0.163 e. The molecule has 0 fully saturated rings. The van der Waals surface area contributed by atoms with Gasteiger partial charge in [0.25, 0.3) is 0 Å². The number of carbonyl (C=O) groups is 1. The lowest BCUT2D eigenvalue weighted by Gasteiger charge is -2.31. The van der Waals surface area contributed by atoms with Gasteiger partial charge in [0.1, 0.15) is 23.0 Å². The van der Waals surface area contributed by atoms with Gasteiger partial charge in [-0.1, -0.05) is 12.1 Å². The number of hydrogen-bond donors (Lipinski definition) is 2. The Kier molecular flexibility index (Phi) is 7.02. The molecule has 0 aromatic heterocycles. The molecule has 1 aliphatic carbocycles. The van der Waals surface area contributed by atoms with E-state index in [0.29, 0.717) is 29.9 Å². The van der Waals surface area contributed by atoms with Crippen LogP contribution in [0.2, 0.25) is 0 Å². The first-order chi connectivity index (χ1) is 18.0. The Hall–Kier alpha value is -3.65. The van der Waals surface area contributed by atoms with E-state index in [4.69, 9.17) is 18.9 Å². The molecule has 0 radical (unpaired) electrons. The maximum Gasteiger partial charge on any atom is 0.163 e. The van der Waals surface area contributed by atoms with Crippen molar-refractivity contribution in [3.8, 4) is 23.0 Å². The Labute approximate surface area is 224 Å². The van der Waals surface area contributed by atoms with Crippen LogP contribution in [0.4, 0.5) is 11.4 Å². The standard InChI is InChI=1S/C29H29BrN2O5/c1-34-17-9-10-25(35-2)18(13-17)16-11-23-28(24(33)12-16)29(32-22-8-6-5-7-21(22)31-23)19-14-27(37-4)20(30)15-26(19)36-3/h5-10,13-16,29,31-32H,11-12H2,1-4H3. The fourth-order valence-corrected chi connectivity index (χ4v) is 5.70. The van der Waals surface area contributed by atoms with E-state index in [1.54, 1.807) is 28.4 Å². The van der Waals surface area contributed by atoms with Crippen molar-refractivity contribution in [2.75, 3.05) is 39.1 Å². The molecule has 3 aromatic rings. The number of fused-ring (bicyclic) bond motifs is 1. The lowest BCUT2D eigenvalue weighted by atomic mass is 9.78. The number of methoxy groups -OCH3 is 4. The summed E-state index contributed by atoms with van der Waals surface area (Å²) in [5.74, 6) is 2.77. The van der Waals surface area contributed by atoms with E-state index in [9.17, 15) is 4.79 Å². The van der Waals surface area contributed by atoms with Gasteiger partial charge in [0, 0.05) is 34.7 Å². The number of benzene rings is 3. The van der Waals surface area contributed by atoms with Crippen molar-refractivity contribution in [2.45, 2.75) is 24.8 Å². The quantitative estimate of drug-likeness (QED) is 0.355. The van der Waals surface area contributed by atoms with Gasteiger partial charge in [0.05, 0.1) is 50.3 Å². The molecule has 1 heterocycles. The Morgan fingerprint density at radius 2 is 1.51 bits per heavy atom. The van der Waals surface area contributed by atoms with Crippen molar-refractivity contribution in [3.05, 3.63) is 81.5 Å². The number of hydrogen-bond acceptors (Lipinski definition) is 7. The summed E-state index contributed by atoms with van der Waals surface area (Å²) in [4.78, 5) is 14.0. The highest BCUT2D eigenvalue weighted by Crippen LogP contribution is 2.48. The third-order valence-electron chi connectivity index (χ3n) is 7.00. The number of anilines is 2. The first-order valence-corrected chi connectivity index (χ1v) is 12.8. The summed E-state index contributed by atoms with van der Waals surface area (Å²) in [7, 11) is 6.53. The third kappa shape index (κ3) is 4.62. The molecule has 37 heavy (non-hydrogen) atoms. The summed E-state index contributed by atoms with van der Waals surface area (Å²) in [6, 6.07) is 17.0. The first kappa shape index (κ1) is 25.0. The molecule has 0 amide bonds. The number of para-hydroxylation sites is 2. The predicted octanol–water partition coefficient (Wildman–Crippen LogP) is 6.46. The van der Waals surface area contributed by atoms with E-state index < -0.39 is 6.04 Å². The van der Waals surface area contributed by atoms with Crippen LogP contribution in [0.3, 0.4) is 0 Å². The molecular weight excluding hydrogens is 536 g/mol. The SMILES string of the molecule is COc1ccc(OC)c(C2CC(=O)C3=C(C2)Nc2ccccc2NC3c2cc(OC)c(Br)cc2OC)c1. The van der Waals surface area contributed by atoms with Crippen molar-refractivity contribution in [1.29, 1.82) is 0 Å². The molecule has 0 bridgehead atoms. The van der Waals surface area contributed by atoms with Crippen LogP contribution in [0.25, 0.3) is 0 Å². The zero-order valence-electron chi connectivity index (χ0n) is 21.2. The molecular formula is C29H29BrN2O5. The molecule has 8 heteroatoms. The lowest BCUT2D eigenvalue weighted by molar-refractivity contribution is -0.116. The number of halogens is 1. The third-order valence-corrected chi connectivity index (χ3v) is 7.62. The summed E-state index contributed by atoms with van der Waals surface area (Å²) in [5, 5.41) is 7.19. The summed E-state index contributed by atoms with van der Waals surface area (Å²) in [6.45, 7) is 0. The summed E-state index contributed by atoms with van der Waals surface area (Å²) in [6.07, 6.45) is 0.974. The highest BCUT2D eigenvalue weighted by molar-refractivity contribution is 9.10. The van der Waals surface area contributed by atoms with Gasteiger partial charge in [-0.25, -0.2) is 0 Å². The fourth-order valence-electron chi connectivity index (χ4n) is 5.21. The number of ketones is 1. The highest BCUT2D eigenvalue weighted by atomic mass is 79.9. The van der Waals surface area contributed by atoms with Crippen molar-refractivity contribution >= 4 is 33.1 Å². The summed E-state index contributed by atoms with van der Waals surface area (Å²) >= 11 is 3.55. The van der Waals surface area contributed by atoms with Gasteiger partial charge in [-0.15, -0.1) is 0 Å². The monoisotopic (exact) mass is 564 g/mol. The van der Waals surface area contributed by atoms with Gasteiger partial charge < -0.3 is 29.6 Å². The fraction of sp³-hybridized carbons (Fsp3) is 0.276. The molecule has 0 spiro atoms. The maximum absolute atomic E-state index is 14.0. The molecule has 5 rings (SSSR count). The molecule has 2 aliphatic rings. The molecule has 192 valence electrons. The van der Waals surface area contributed by atoms with E-state index in [1.165, 1.54) is 0 Å². The van der Waals surface area contributed by atoms with E-state index in [2.05, 4.69) is 26.6 Å². The summed E-state index contributed by atoms with van der Waals surface area (Å²) in [5.41, 5.74) is 5.14. The Morgan fingerprint density at radius 1 is 0.784 bits per heavy atom. The van der Waals surface area contributed by atoms with Crippen LogP contribution in [0.5, 0.6) is 23.0 Å². The largest absolute Gasteiger partial charge is 0.497 e. The van der Waals surface area contributed by atoms with Crippen molar-refractivity contribution < 1.29 is 23.7 Å². The van der Waals surface area contributed by atoms with Crippen LogP contribution in [-0.4, -0.2) is 34.2 Å². The van der Waals surface area contributed by atoms with Gasteiger partial charge in [0.15, 0.2) is 5.78 Å². The normalized spacial score (nSPS) is 18.6. The molecule has 3 aromatic carbocycles. The number of ether oxygens (including phenoxy) is 4. The zero-order valence-corrected chi connectivity index (χ0v) is 22.8. The minimum Gasteiger partial charge on any atom is -0.497 e. The Bertz CT molecular complexity index is 1390. The van der Waals surface area contributed by atoms with Gasteiger partial charge >= 0.3 is 0 Å². The maximum atomic E-state index is 14.0. The number of nitrogens with one attached hydrogen (secondary N) is 2. The molecule has 0 saturated heterocycles. The second-order valence-corrected chi connectivity index (χ2v) is 9.86. The topological polar surface area (TPSA) is 78.1 Å². The van der Waals surface area contributed by atoms with Crippen LogP contribution in [0.15, 0.2) is 70.3 Å². The van der Waals surface area contributed by atoms with E-state index in [-0.39, 0.29) is 11.7 Å². The molecule has 2 N–H and O–H groups in total. The Balaban J connectivity index is 1.66. The van der Waals surface area contributed by atoms with Crippen LogP contribution in [0, 0.1) is 0 Å². The van der Waals surface area contributed by atoms with E-state index in [1.807, 2.05) is 54.6 Å². The Morgan fingerprint density at radius 3 is 2.22 bits per heavy atom.